The highest BCUT2D eigenvalue weighted by molar-refractivity contribution is 5.95. The Kier molecular flexibility index (Phi) is 4.68. The summed E-state index contributed by atoms with van der Waals surface area (Å²) in [6, 6.07) is 2.70. The Labute approximate surface area is 135 Å². The molecule has 8 nitrogen and oxygen atoms in total. The molecule has 0 aliphatic heterocycles. The summed E-state index contributed by atoms with van der Waals surface area (Å²) < 4.78 is 15.2. The molecule has 24 heavy (non-hydrogen) atoms. The van der Waals surface area contributed by atoms with Crippen LogP contribution in [-0.2, 0) is 20.8 Å². The Hall–Kier alpha value is -3.16. The molecule has 0 spiro atoms. The van der Waals surface area contributed by atoms with E-state index in [1.807, 2.05) is 0 Å². The summed E-state index contributed by atoms with van der Waals surface area (Å²) >= 11 is 0. The highest BCUT2D eigenvalue weighted by Crippen LogP contribution is 2.36. The van der Waals surface area contributed by atoms with Crippen molar-refractivity contribution in [3.8, 4) is 11.5 Å². The number of aryl methyl sites for hydroxylation is 1. The molecule has 0 atom stereocenters. The van der Waals surface area contributed by atoms with Gasteiger partial charge in [-0.2, -0.15) is 0 Å². The van der Waals surface area contributed by atoms with Crippen molar-refractivity contribution in [1.29, 1.82) is 0 Å². The first-order chi connectivity index (χ1) is 11.2. The van der Waals surface area contributed by atoms with Crippen molar-refractivity contribution < 1.29 is 33.4 Å². The maximum absolute atomic E-state index is 12.1. The average molecular weight is 334 g/mol. The van der Waals surface area contributed by atoms with Gasteiger partial charge in [0.15, 0.2) is 11.3 Å². The number of rotatable bonds is 4. The van der Waals surface area contributed by atoms with Crippen molar-refractivity contribution in [2.75, 3.05) is 0 Å². The summed E-state index contributed by atoms with van der Waals surface area (Å²) in [5, 5.41) is 9.14. The third-order valence-electron chi connectivity index (χ3n) is 3.19. The van der Waals surface area contributed by atoms with Crippen LogP contribution in [0.15, 0.2) is 21.3 Å². The van der Waals surface area contributed by atoms with E-state index in [4.69, 9.17) is 19.0 Å². The number of aliphatic carboxylic acids is 1. The zero-order valence-electron chi connectivity index (χ0n) is 13.2. The van der Waals surface area contributed by atoms with Crippen LogP contribution in [0.3, 0.4) is 0 Å². The van der Waals surface area contributed by atoms with E-state index in [-0.39, 0.29) is 33.6 Å². The molecule has 8 heteroatoms. The lowest BCUT2D eigenvalue weighted by molar-refractivity contribution is -0.136. The molecule has 0 aliphatic rings. The second kappa shape index (κ2) is 6.53. The molecule has 0 aliphatic carbocycles. The molecule has 0 saturated carbocycles. The van der Waals surface area contributed by atoms with Crippen molar-refractivity contribution in [1.82, 2.24) is 0 Å². The third-order valence-corrected chi connectivity index (χ3v) is 3.19. The maximum Gasteiger partial charge on any atom is 0.340 e. The number of hydrogen-bond acceptors (Lipinski definition) is 7. The number of carbonyl (C=O) groups excluding carboxylic acids is 2. The average Bonchev–Trinajstić information content (AvgIpc) is 2.44. The maximum atomic E-state index is 12.1. The summed E-state index contributed by atoms with van der Waals surface area (Å²) in [5.74, 6) is -2.42. The molecule has 0 amide bonds. The molecule has 0 radical (unpaired) electrons. The number of esters is 2. The van der Waals surface area contributed by atoms with Crippen molar-refractivity contribution in [3.63, 3.8) is 0 Å². The van der Waals surface area contributed by atoms with Crippen LogP contribution in [0.25, 0.3) is 11.0 Å². The minimum Gasteiger partial charge on any atom is -0.481 e. The van der Waals surface area contributed by atoms with Gasteiger partial charge in [0.05, 0.1) is 17.4 Å². The van der Waals surface area contributed by atoms with Gasteiger partial charge in [-0.3, -0.25) is 14.4 Å². The van der Waals surface area contributed by atoms with Crippen molar-refractivity contribution in [2.24, 2.45) is 0 Å². The number of carboxylic acid groups (broad SMARTS) is 1. The second-order valence-corrected chi connectivity index (χ2v) is 5.02. The molecule has 1 N–H and O–H groups in total. The molecule has 126 valence electrons. The van der Waals surface area contributed by atoms with Gasteiger partial charge >= 0.3 is 23.5 Å². The Morgan fingerprint density at radius 1 is 1.08 bits per heavy atom. The van der Waals surface area contributed by atoms with Gasteiger partial charge in [-0.15, -0.1) is 0 Å². The summed E-state index contributed by atoms with van der Waals surface area (Å²) in [5.41, 5.74) is -0.770. The van der Waals surface area contributed by atoms with Crippen LogP contribution in [0.5, 0.6) is 11.5 Å². The van der Waals surface area contributed by atoms with Crippen LogP contribution < -0.4 is 15.1 Å². The molecular formula is C16H14O8. The van der Waals surface area contributed by atoms with E-state index in [1.54, 1.807) is 0 Å². The zero-order valence-corrected chi connectivity index (χ0v) is 13.2. The lowest BCUT2D eigenvalue weighted by atomic mass is 10.0. The fourth-order valence-corrected chi connectivity index (χ4v) is 2.29. The van der Waals surface area contributed by atoms with Crippen molar-refractivity contribution in [3.05, 3.63) is 33.7 Å². The van der Waals surface area contributed by atoms with Gasteiger partial charge in [-0.25, -0.2) is 4.79 Å². The van der Waals surface area contributed by atoms with E-state index in [1.165, 1.54) is 32.9 Å². The molecule has 1 aromatic carbocycles. The van der Waals surface area contributed by atoms with Gasteiger partial charge in [-0.1, -0.05) is 0 Å². The lowest BCUT2D eigenvalue weighted by Crippen LogP contribution is -2.16. The van der Waals surface area contributed by atoms with Crippen LogP contribution in [0.2, 0.25) is 0 Å². The van der Waals surface area contributed by atoms with Crippen LogP contribution >= 0.6 is 0 Å². The summed E-state index contributed by atoms with van der Waals surface area (Å²) in [7, 11) is 0. The first-order valence-corrected chi connectivity index (χ1v) is 6.88. The van der Waals surface area contributed by atoms with Gasteiger partial charge in [0.25, 0.3) is 0 Å². The molecule has 1 heterocycles. The number of benzene rings is 1. The Bertz CT molecular complexity index is 906. The molecular weight excluding hydrogens is 320 g/mol. The molecule has 0 fully saturated rings. The van der Waals surface area contributed by atoms with Crippen molar-refractivity contribution >= 4 is 28.9 Å². The number of ether oxygens (including phenoxy) is 2. The molecule has 0 bridgehead atoms. The number of carbonyl (C=O) groups is 3. The quantitative estimate of drug-likeness (QED) is 0.508. The van der Waals surface area contributed by atoms with E-state index in [0.29, 0.717) is 0 Å². The minimum absolute atomic E-state index is 0.0320. The molecule has 1 aromatic heterocycles. The van der Waals surface area contributed by atoms with Gasteiger partial charge < -0.3 is 19.0 Å². The van der Waals surface area contributed by atoms with E-state index in [9.17, 15) is 19.2 Å². The van der Waals surface area contributed by atoms with Crippen LogP contribution in [-0.4, -0.2) is 23.0 Å². The fraction of sp³-hybridized carbons (Fsp3) is 0.250. The normalized spacial score (nSPS) is 10.5. The van der Waals surface area contributed by atoms with Gasteiger partial charge in [0, 0.05) is 13.8 Å². The topological polar surface area (TPSA) is 120 Å². The van der Waals surface area contributed by atoms with Crippen LogP contribution in [0.4, 0.5) is 0 Å². The number of carboxylic acids is 1. The van der Waals surface area contributed by atoms with Gasteiger partial charge in [0.2, 0.25) is 0 Å². The van der Waals surface area contributed by atoms with E-state index in [2.05, 4.69) is 0 Å². The fourth-order valence-electron chi connectivity index (χ4n) is 2.29. The minimum atomic E-state index is -1.21. The Balaban J connectivity index is 2.85. The second-order valence-electron chi connectivity index (χ2n) is 5.02. The highest BCUT2D eigenvalue weighted by atomic mass is 16.5. The third kappa shape index (κ3) is 3.43. The largest absolute Gasteiger partial charge is 0.481 e. The van der Waals surface area contributed by atoms with Gasteiger partial charge in [0.1, 0.15) is 5.75 Å². The summed E-state index contributed by atoms with van der Waals surface area (Å²) in [6.45, 7) is 3.87. The lowest BCUT2D eigenvalue weighted by Gasteiger charge is -2.13. The number of fused-ring (bicyclic) bond motifs is 1. The van der Waals surface area contributed by atoms with E-state index in [0.717, 1.165) is 0 Å². The summed E-state index contributed by atoms with van der Waals surface area (Å²) in [4.78, 5) is 45.5. The number of hydrogen-bond donors (Lipinski definition) is 1. The zero-order chi connectivity index (χ0) is 18.0. The van der Waals surface area contributed by atoms with E-state index >= 15 is 0 Å². The SMILES string of the molecule is CC(=O)Oc1ccc(OC(C)=O)c2c(C)c(CC(=O)O)c(=O)oc12. The smallest absolute Gasteiger partial charge is 0.340 e. The first-order valence-electron chi connectivity index (χ1n) is 6.88. The predicted molar refractivity (Wildman–Crippen MR) is 81.2 cm³/mol. The molecule has 0 unspecified atom stereocenters. The van der Waals surface area contributed by atoms with Crippen LogP contribution in [0, 0.1) is 6.92 Å². The summed E-state index contributed by atoms with van der Waals surface area (Å²) in [6.07, 6.45) is -0.554. The monoisotopic (exact) mass is 334 g/mol. The standard InChI is InChI=1S/C16H14O8/c1-7-10(6-13(19)20)16(21)24-15-12(23-9(3)18)5-4-11(14(7)15)22-8(2)17/h4-5H,6H2,1-3H3,(H,19,20). The molecule has 0 saturated heterocycles. The Morgan fingerprint density at radius 2 is 1.62 bits per heavy atom. The van der Waals surface area contributed by atoms with Crippen molar-refractivity contribution in [2.45, 2.75) is 27.2 Å². The Morgan fingerprint density at radius 3 is 2.17 bits per heavy atom. The highest BCUT2D eigenvalue weighted by Gasteiger charge is 2.21. The van der Waals surface area contributed by atoms with Crippen LogP contribution in [0.1, 0.15) is 25.0 Å². The van der Waals surface area contributed by atoms with Gasteiger partial charge in [-0.05, 0) is 24.6 Å². The predicted octanol–water partition coefficient (Wildman–Crippen LogP) is 1.58. The molecule has 2 aromatic rings. The molecule has 2 rings (SSSR count). The van der Waals surface area contributed by atoms with E-state index < -0.39 is 30.0 Å². The first kappa shape index (κ1) is 17.2.